The molecule has 0 fully saturated rings. The maximum Gasteiger partial charge on any atom is 0.258 e. The van der Waals surface area contributed by atoms with Crippen molar-refractivity contribution in [2.45, 2.75) is 53.5 Å². The molecule has 1 aromatic heterocycles. The zero-order chi connectivity index (χ0) is 24.6. The van der Waals surface area contributed by atoms with Crippen LogP contribution in [0, 0.1) is 20.8 Å². The first-order valence-corrected chi connectivity index (χ1v) is 11.7. The summed E-state index contributed by atoms with van der Waals surface area (Å²) < 4.78 is 0. The Morgan fingerprint density at radius 3 is 2.21 bits per heavy atom. The van der Waals surface area contributed by atoms with Crippen LogP contribution in [-0.4, -0.2) is 10.9 Å². The lowest BCUT2D eigenvalue weighted by atomic mass is 9.86. The predicted octanol–water partition coefficient (Wildman–Crippen LogP) is 6.60. The zero-order valence-corrected chi connectivity index (χ0v) is 20.8. The molecule has 4 nitrogen and oxygen atoms in total. The van der Waals surface area contributed by atoms with E-state index < -0.39 is 0 Å². The Morgan fingerprint density at radius 2 is 1.56 bits per heavy atom. The third-order valence-corrected chi connectivity index (χ3v) is 6.45. The fraction of sp³-hybridized carbons (Fsp3) is 0.267. The Morgan fingerprint density at radius 1 is 0.853 bits per heavy atom. The van der Waals surface area contributed by atoms with Crippen LogP contribution in [0.4, 0.5) is 5.69 Å². The highest BCUT2D eigenvalue weighted by atomic mass is 16.2. The summed E-state index contributed by atoms with van der Waals surface area (Å²) in [4.78, 5) is 31.3. The lowest BCUT2D eigenvalue weighted by molar-refractivity contribution is 0.0985. The van der Waals surface area contributed by atoms with Gasteiger partial charge in [0.2, 0.25) is 0 Å². The number of aryl methyl sites for hydroxylation is 3. The van der Waals surface area contributed by atoms with Gasteiger partial charge in [0.15, 0.2) is 0 Å². The minimum Gasteiger partial charge on any atom is -0.322 e. The van der Waals surface area contributed by atoms with Crippen molar-refractivity contribution in [1.29, 1.82) is 0 Å². The van der Waals surface area contributed by atoms with E-state index in [4.69, 9.17) is 0 Å². The Hall–Kier alpha value is -3.66. The number of amides is 1. The van der Waals surface area contributed by atoms with Crippen LogP contribution in [0.5, 0.6) is 0 Å². The van der Waals surface area contributed by atoms with Crippen molar-refractivity contribution in [3.05, 3.63) is 110 Å². The largest absolute Gasteiger partial charge is 0.322 e. The van der Waals surface area contributed by atoms with Gasteiger partial charge in [0, 0.05) is 22.3 Å². The van der Waals surface area contributed by atoms with Crippen LogP contribution >= 0.6 is 0 Å². The average molecular weight is 453 g/mol. The zero-order valence-electron chi connectivity index (χ0n) is 20.8. The third kappa shape index (κ3) is 4.81. The quantitative estimate of drug-likeness (QED) is 0.379. The molecule has 1 amide bonds. The highest BCUT2D eigenvalue weighted by molar-refractivity contribution is 6.06. The van der Waals surface area contributed by atoms with Gasteiger partial charge in [-0.1, -0.05) is 50.6 Å². The number of nitrogens with zero attached hydrogens (tertiary/aromatic N) is 1. The van der Waals surface area contributed by atoms with E-state index in [-0.39, 0.29) is 23.4 Å². The maximum absolute atomic E-state index is 13.7. The lowest BCUT2D eigenvalue weighted by Gasteiger charge is -2.25. The molecule has 0 aliphatic carbocycles. The molecule has 0 atom stereocenters. The second-order valence-corrected chi connectivity index (χ2v) is 10.2. The van der Waals surface area contributed by atoms with Crippen LogP contribution in [0.15, 0.2) is 71.5 Å². The summed E-state index contributed by atoms with van der Waals surface area (Å²) in [6, 6.07) is 21.6. The van der Waals surface area contributed by atoms with Crippen molar-refractivity contribution in [1.82, 2.24) is 4.98 Å². The number of H-pyrrole nitrogens is 1. The molecule has 0 unspecified atom stereocenters. The molecule has 1 N–H and O–H groups in total. The van der Waals surface area contributed by atoms with E-state index in [1.165, 1.54) is 5.56 Å². The summed E-state index contributed by atoms with van der Waals surface area (Å²) in [7, 11) is 0. The van der Waals surface area contributed by atoms with Gasteiger partial charge in [0.1, 0.15) is 0 Å². The van der Waals surface area contributed by atoms with E-state index in [0.29, 0.717) is 11.1 Å². The number of anilines is 1. The first-order chi connectivity index (χ1) is 16.0. The molecule has 4 aromatic rings. The Kier molecular flexibility index (Phi) is 6.18. The van der Waals surface area contributed by atoms with Gasteiger partial charge in [-0.2, -0.15) is 0 Å². The minimum absolute atomic E-state index is 0.00581. The van der Waals surface area contributed by atoms with Crippen molar-refractivity contribution in [3.8, 4) is 0 Å². The van der Waals surface area contributed by atoms with E-state index >= 15 is 0 Å². The number of rotatable bonds is 4. The van der Waals surface area contributed by atoms with Gasteiger partial charge in [-0.15, -0.1) is 0 Å². The fourth-order valence-electron chi connectivity index (χ4n) is 4.10. The number of aromatic amines is 1. The van der Waals surface area contributed by atoms with Crippen LogP contribution in [0.25, 0.3) is 10.9 Å². The van der Waals surface area contributed by atoms with Gasteiger partial charge in [-0.3, -0.25) is 9.59 Å². The topological polar surface area (TPSA) is 53.2 Å². The van der Waals surface area contributed by atoms with Crippen LogP contribution in [0.3, 0.4) is 0 Å². The van der Waals surface area contributed by atoms with E-state index in [1.54, 1.807) is 4.90 Å². The fourth-order valence-corrected chi connectivity index (χ4v) is 4.10. The van der Waals surface area contributed by atoms with Gasteiger partial charge in [0.25, 0.3) is 11.5 Å². The molecule has 3 aromatic carbocycles. The second kappa shape index (κ2) is 8.94. The number of aromatic nitrogens is 1. The number of fused-ring (bicyclic) bond motifs is 1. The molecule has 4 heteroatoms. The number of carbonyl (C=O) groups is 1. The number of hydrogen-bond acceptors (Lipinski definition) is 2. The SMILES string of the molecule is Cc1ccc2[nH]c(=O)c(CN(C(=O)c3ccc(C(C)(C)C)cc3)c3ccc(C)c(C)c3)cc2c1. The summed E-state index contributed by atoms with van der Waals surface area (Å²) in [6.07, 6.45) is 0. The van der Waals surface area contributed by atoms with Gasteiger partial charge in [0.05, 0.1) is 6.54 Å². The monoisotopic (exact) mass is 452 g/mol. The van der Waals surface area contributed by atoms with Crippen molar-refractivity contribution >= 4 is 22.5 Å². The molecule has 0 spiro atoms. The number of benzene rings is 3. The number of pyridine rings is 1. The predicted molar refractivity (Wildman–Crippen MR) is 141 cm³/mol. The minimum atomic E-state index is -0.180. The number of nitrogens with one attached hydrogen (secondary N) is 1. The van der Waals surface area contributed by atoms with E-state index in [0.717, 1.165) is 33.3 Å². The molecule has 0 aliphatic rings. The molecule has 0 aliphatic heterocycles. The lowest BCUT2D eigenvalue weighted by Crippen LogP contribution is -2.33. The van der Waals surface area contributed by atoms with Crippen molar-refractivity contribution in [2.24, 2.45) is 0 Å². The molecular formula is C30H32N2O2. The highest BCUT2D eigenvalue weighted by Crippen LogP contribution is 2.26. The second-order valence-electron chi connectivity index (χ2n) is 10.2. The van der Waals surface area contributed by atoms with Gasteiger partial charge in [-0.05, 0) is 90.7 Å². The molecular weight excluding hydrogens is 420 g/mol. The van der Waals surface area contributed by atoms with Crippen LogP contribution in [0.2, 0.25) is 0 Å². The van der Waals surface area contributed by atoms with Crippen molar-refractivity contribution in [3.63, 3.8) is 0 Å². The number of carbonyl (C=O) groups excluding carboxylic acids is 1. The van der Waals surface area contributed by atoms with E-state index in [9.17, 15) is 9.59 Å². The van der Waals surface area contributed by atoms with Crippen LogP contribution < -0.4 is 10.5 Å². The molecule has 0 radical (unpaired) electrons. The van der Waals surface area contributed by atoms with Gasteiger partial charge in [-0.25, -0.2) is 0 Å². The Labute approximate surface area is 201 Å². The molecule has 0 bridgehead atoms. The van der Waals surface area contributed by atoms with Gasteiger partial charge >= 0.3 is 0 Å². The normalized spacial score (nSPS) is 11.6. The molecule has 174 valence electrons. The van der Waals surface area contributed by atoms with Crippen LogP contribution in [0.1, 0.15) is 58.9 Å². The summed E-state index contributed by atoms with van der Waals surface area (Å²) in [5.41, 5.74) is 7.08. The summed E-state index contributed by atoms with van der Waals surface area (Å²) >= 11 is 0. The van der Waals surface area contributed by atoms with Crippen LogP contribution in [-0.2, 0) is 12.0 Å². The molecule has 1 heterocycles. The maximum atomic E-state index is 13.7. The molecule has 34 heavy (non-hydrogen) atoms. The smallest absolute Gasteiger partial charge is 0.258 e. The van der Waals surface area contributed by atoms with Gasteiger partial charge < -0.3 is 9.88 Å². The Bertz CT molecular complexity index is 1420. The summed E-state index contributed by atoms with van der Waals surface area (Å²) in [5.74, 6) is -0.132. The summed E-state index contributed by atoms with van der Waals surface area (Å²) in [6.45, 7) is 12.7. The van der Waals surface area contributed by atoms with E-state index in [2.05, 4.69) is 25.8 Å². The average Bonchev–Trinajstić information content (AvgIpc) is 2.79. The van der Waals surface area contributed by atoms with Crippen molar-refractivity contribution < 1.29 is 4.79 Å². The van der Waals surface area contributed by atoms with E-state index in [1.807, 2.05) is 87.5 Å². The summed E-state index contributed by atoms with van der Waals surface area (Å²) in [5, 5.41) is 0.955. The Balaban J connectivity index is 1.78. The standard InChI is InChI=1S/C30H32N2O2/c1-19-7-14-27-23(15-19)17-24(28(33)31-27)18-32(26-13-8-20(2)21(3)16-26)29(34)22-9-11-25(12-10-22)30(4,5)6/h7-17H,18H2,1-6H3,(H,31,33). The number of hydrogen-bond donors (Lipinski definition) is 1. The molecule has 0 saturated heterocycles. The highest BCUT2D eigenvalue weighted by Gasteiger charge is 2.21. The molecule has 4 rings (SSSR count). The first kappa shape index (κ1) is 23.5. The third-order valence-electron chi connectivity index (χ3n) is 6.45. The van der Waals surface area contributed by atoms with Crippen molar-refractivity contribution in [2.75, 3.05) is 4.90 Å². The first-order valence-electron chi connectivity index (χ1n) is 11.7. The molecule has 0 saturated carbocycles.